The lowest BCUT2D eigenvalue weighted by atomic mass is 10.2. The number of methoxy groups -OCH3 is 4. The number of hydrogen-bond acceptors (Lipinski definition) is 7. The highest BCUT2D eigenvalue weighted by Crippen LogP contribution is 2.37. The third kappa shape index (κ3) is 5.45. The fourth-order valence-electron chi connectivity index (χ4n) is 2.98. The molecule has 0 aliphatic carbocycles. The molecule has 0 radical (unpaired) electrons. The molecule has 3 aromatic carbocycles. The summed E-state index contributed by atoms with van der Waals surface area (Å²) in [6, 6.07) is 16.1. The van der Waals surface area contributed by atoms with Gasteiger partial charge in [0.05, 0.1) is 28.4 Å². The van der Waals surface area contributed by atoms with Gasteiger partial charge in [0.2, 0.25) is 5.75 Å². The second kappa shape index (κ2) is 10.3. The number of ether oxygens (including phenoxy) is 6. The fraction of sp³-hybridized carbons (Fsp3) is 0.250. The molecule has 31 heavy (non-hydrogen) atoms. The highest BCUT2D eigenvalue weighted by atomic mass is 16.5. The van der Waals surface area contributed by atoms with Gasteiger partial charge in [0.1, 0.15) is 24.7 Å². The highest BCUT2D eigenvalue weighted by molar-refractivity contribution is 5.50. The van der Waals surface area contributed by atoms with E-state index in [-0.39, 0.29) is 19.0 Å². The van der Waals surface area contributed by atoms with Crippen LogP contribution < -0.4 is 28.4 Å². The lowest BCUT2D eigenvalue weighted by Crippen LogP contribution is -2.00. The molecule has 0 heterocycles. The SMILES string of the molecule is COc1cc(COc2cccc(OCc3ccc(OC)c(OC)c3)c2O)cc(OC)c1. The third-order valence-electron chi connectivity index (χ3n) is 4.61. The van der Waals surface area contributed by atoms with Gasteiger partial charge in [-0.15, -0.1) is 0 Å². The average molecular weight is 426 g/mol. The van der Waals surface area contributed by atoms with E-state index in [9.17, 15) is 5.11 Å². The molecular formula is C24H26O7. The molecule has 0 aliphatic heterocycles. The minimum Gasteiger partial charge on any atom is -0.502 e. The molecule has 0 atom stereocenters. The van der Waals surface area contributed by atoms with Crippen LogP contribution in [0.3, 0.4) is 0 Å². The summed E-state index contributed by atoms with van der Waals surface area (Å²) in [5.41, 5.74) is 1.71. The summed E-state index contributed by atoms with van der Waals surface area (Å²) in [5.74, 6) is 3.13. The summed E-state index contributed by atoms with van der Waals surface area (Å²) in [5, 5.41) is 10.6. The fourth-order valence-corrected chi connectivity index (χ4v) is 2.98. The minimum absolute atomic E-state index is 0.0714. The lowest BCUT2D eigenvalue weighted by molar-refractivity contribution is 0.261. The third-order valence-corrected chi connectivity index (χ3v) is 4.61. The van der Waals surface area contributed by atoms with Crippen molar-refractivity contribution in [2.75, 3.05) is 28.4 Å². The Balaban J connectivity index is 1.69. The van der Waals surface area contributed by atoms with Gasteiger partial charge in [0.15, 0.2) is 23.0 Å². The highest BCUT2D eigenvalue weighted by Gasteiger charge is 2.12. The van der Waals surface area contributed by atoms with E-state index in [0.29, 0.717) is 34.5 Å². The minimum atomic E-state index is -0.0714. The number of rotatable bonds is 10. The van der Waals surface area contributed by atoms with Crippen molar-refractivity contribution in [3.8, 4) is 40.2 Å². The predicted molar refractivity (Wildman–Crippen MR) is 116 cm³/mol. The molecule has 0 saturated carbocycles. The van der Waals surface area contributed by atoms with Crippen LogP contribution in [0.1, 0.15) is 11.1 Å². The van der Waals surface area contributed by atoms with Gasteiger partial charge in [-0.3, -0.25) is 0 Å². The Morgan fingerprint density at radius 2 is 1.16 bits per heavy atom. The molecule has 7 nitrogen and oxygen atoms in total. The van der Waals surface area contributed by atoms with Gasteiger partial charge in [-0.25, -0.2) is 0 Å². The number of phenolic OH excluding ortho intramolecular Hbond substituents is 1. The number of aromatic hydroxyl groups is 1. The zero-order chi connectivity index (χ0) is 22.2. The quantitative estimate of drug-likeness (QED) is 0.508. The van der Waals surface area contributed by atoms with Gasteiger partial charge in [-0.1, -0.05) is 12.1 Å². The smallest absolute Gasteiger partial charge is 0.200 e. The van der Waals surface area contributed by atoms with Crippen molar-refractivity contribution in [1.29, 1.82) is 0 Å². The Labute approximate surface area is 181 Å². The number of benzene rings is 3. The standard InChI is InChI=1S/C24H26O7/c1-26-18-10-17(11-19(13-18)27-2)15-31-22-7-5-6-21(24(22)25)30-14-16-8-9-20(28-3)23(12-16)29-4/h5-13,25H,14-15H2,1-4H3. The van der Waals surface area contributed by atoms with Crippen LogP contribution in [0.2, 0.25) is 0 Å². The van der Waals surface area contributed by atoms with Gasteiger partial charge in [-0.2, -0.15) is 0 Å². The first-order valence-corrected chi connectivity index (χ1v) is 9.58. The van der Waals surface area contributed by atoms with Crippen molar-refractivity contribution in [3.63, 3.8) is 0 Å². The van der Waals surface area contributed by atoms with Crippen LogP contribution in [-0.2, 0) is 13.2 Å². The second-order valence-electron chi connectivity index (χ2n) is 6.59. The van der Waals surface area contributed by atoms with E-state index in [4.69, 9.17) is 28.4 Å². The van der Waals surface area contributed by atoms with Crippen molar-refractivity contribution in [3.05, 3.63) is 65.7 Å². The predicted octanol–water partition coefficient (Wildman–Crippen LogP) is 4.58. The molecule has 0 aliphatic rings. The first-order valence-electron chi connectivity index (χ1n) is 9.58. The lowest BCUT2D eigenvalue weighted by Gasteiger charge is -2.14. The van der Waals surface area contributed by atoms with Crippen LogP contribution in [0, 0.1) is 0 Å². The molecule has 164 valence electrons. The van der Waals surface area contributed by atoms with E-state index < -0.39 is 0 Å². The Morgan fingerprint density at radius 3 is 1.71 bits per heavy atom. The van der Waals surface area contributed by atoms with Gasteiger partial charge >= 0.3 is 0 Å². The van der Waals surface area contributed by atoms with Gasteiger partial charge in [0.25, 0.3) is 0 Å². The van der Waals surface area contributed by atoms with Crippen LogP contribution in [0.15, 0.2) is 54.6 Å². The molecule has 0 spiro atoms. The Bertz CT molecular complexity index is 995. The molecule has 0 saturated heterocycles. The van der Waals surface area contributed by atoms with Crippen molar-refractivity contribution in [2.24, 2.45) is 0 Å². The number of hydrogen-bond donors (Lipinski definition) is 1. The molecule has 0 aromatic heterocycles. The van der Waals surface area contributed by atoms with Crippen LogP contribution in [-0.4, -0.2) is 33.5 Å². The largest absolute Gasteiger partial charge is 0.502 e. The van der Waals surface area contributed by atoms with E-state index >= 15 is 0 Å². The molecule has 0 unspecified atom stereocenters. The van der Waals surface area contributed by atoms with Gasteiger partial charge in [-0.05, 0) is 47.5 Å². The maximum atomic E-state index is 10.6. The maximum Gasteiger partial charge on any atom is 0.200 e. The molecule has 3 aromatic rings. The zero-order valence-corrected chi connectivity index (χ0v) is 18.0. The van der Waals surface area contributed by atoms with Crippen LogP contribution in [0.25, 0.3) is 0 Å². The van der Waals surface area contributed by atoms with E-state index in [1.54, 1.807) is 58.8 Å². The molecule has 7 heteroatoms. The van der Waals surface area contributed by atoms with E-state index in [2.05, 4.69) is 0 Å². The first-order chi connectivity index (χ1) is 15.1. The summed E-state index contributed by atoms with van der Waals surface area (Å²) in [6.07, 6.45) is 0. The summed E-state index contributed by atoms with van der Waals surface area (Å²) in [4.78, 5) is 0. The van der Waals surface area contributed by atoms with Crippen molar-refractivity contribution in [1.82, 2.24) is 0 Å². The average Bonchev–Trinajstić information content (AvgIpc) is 2.82. The monoisotopic (exact) mass is 426 g/mol. The molecule has 0 bridgehead atoms. The normalized spacial score (nSPS) is 10.3. The molecular weight excluding hydrogens is 400 g/mol. The Kier molecular flexibility index (Phi) is 7.32. The Hall–Kier alpha value is -3.74. The molecule has 1 N–H and O–H groups in total. The van der Waals surface area contributed by atoms with E-state index in [0.717, 1.165) is 11.1 Å². The van der Waals surface area contributed by atoms with Gasteiger partial charge in [0, 0.05) is 6.07 Å². The number of phenols is 1. The topological polar surface area (TPSA) is 75.6 Å². The summed E-state index contributed by atoms with van der Waals surface area (Å²) in [7, 11) is 6.33. The van der Waals surface area contributed by atoms with E-state index in [1.807, 2.05) is 24.3 Å². The van der Waals surface area contributed by atoms with E-state index in [1.165, 1.54) is 0 Å². The number of para-hydroxylation sites is 1. The summed E-state index contributed by atoms with van der Waals surface area (Å²) in [6.45, 7) is 0.463. The molecule has 0 amide bonds. The van der Waals surface area contributed by atoms with Crippen LogP contribution >= 0.6 is 0 Å². The van der Waals surface area contributed by atoms with Crippen molar-refractivity contribution < 1.29 is 33.5 Å². The molecule has 0 fully saturated rings. The van der Waals surface area contributed by atoms with Crippen LogP contribution in [0.4, 0.5) is 0 Å². The summed E-state index contributed by atoms with van der Waals surface area (Å²) < 4.78 is 32.7. The van der Waals surface area contributed by atoms with Gasteiger partial charge < -0.3 is 33.5 Å². The Morgan fingerprint density at radius 1 is 0.581 bits per heavy atom. The second-order valence-corrected chi connectivity index (χ2v) is 6.59. The zero-order valence-electron chi connectivity index (χ0n) is 18.0. The van der Waals surface area contributed by atoms with Crippen molar-refractivity contribution in [2.45, 2.75) is 13.2 Å². The summed E-state index contributed by atoms with van der Waals surface area (Å²) >= 11 is 0. The first kappa shape index (κ1) is 22.0. The molecule has 3 rings (SSSR count). The van der Waals surface area contributed by atoms with Crippen molar-refractivity contribution >= 4 is 0 Å². The maximum absolute atomic E-state index is 10.6. The van der Waals surface area contributed by atoms with Crippen LogP contribution in [0.5, 0.6) is 40.2 Å².